The Kier molecular flexibility index (Phi) is 5.62. The van der Waals surface area contributed by atoms with Crippen LogP contribution in [-0.2, 0) is 0 Å². The van der Waals surface area contributed by atoms with Crippen LogP contribution in [0.25, 0.3) is 0 Å². The summed E-state index contributed by atoms with van der Waals surface area (Å²) in [5, 5.41) is 7.10. The van der Waals surface area contributed by atoms with Crippen LogP contribution < -0.4 is 14.2 Å². The molecule has 2 aliphatic rings. The van der Waals surface area contributed by atoms with Gasteiger partial charge in [0.15, 0.2) is 0 Å². The molecule has 0 aromatic heterocycles. The molecule has 0 aliphatic carbocycles. The Morgan fingerprint density at radius 1 is 1.09 bits per heavy atom. The number of hydrogen-bond acceptors (Lipinski definition) is 5. The number of hydrazone groups is 1. The zero-order chi connectivity index (χ0) is 22.1. The highest BCUT2D eigenvalue weighted by Crippen LogP contribution is 2.48. The lowest BCUT2D eigenvalue weighted by Gasteiger charge is -2.38. The molecule has 2 aliphatic heterocycles. The lowest BCUT2D eigenvalue weighted by Crippen LogP contribution is -2.33. The number of nitrogens with zero attached hydrogens (tertiary/aromatic N) is 2. The Hall–Kier alpha value is -3.25. The van der Waals surface area contributed by atoms with E-state index in [2.05, 4.69) is 45.7 Å². The van der Waals surface area contributed by atoms with E-state index in [9.17, 15) is 0 Å². The SMILES string of the molecule is C=CCOc1ccc([C@@H]2Oc3ccc(Br)cc3[C@H]3CC(c4ccc(OC)cc4)=NN32)cc1. The highest BCUT2D eigenvalue weighted by molar-refractivity contribution is 9.10. The zero-order valence-electron chi connectivity index (χ0n) is 17.7. The standard InChI is InChI=1S/C26H23BrN2O3/c1-3-14-31-21-11-6-18(7-12-21)26-29-24(22-15-19(27)8-13-25(22)32-26)16-23(28-29)17-4-9-20(30-2)10-5-17/h3-13,15,24,26H,1,14,16H2,2H3/t24-,26+/m1/s1. The molecule has 162 valence electrons. The molecule has 3 aromatic carbocycles. The fourth-order valence-electron chi connectivity index (χ4n) is 4.12. The van der Waals surface area contributed by atoms with Crippen molar-refractivity contribution in [3.05, 3.63) is 101 Å². The molecule has 0 N–H and O–H groups in total. The van der Waals surface area contributed by atoms with Gasteiger partial charge in [0.05, 0.1) is 18.9 Å². The molecule has 0 unspecified atom stereocenters. The van der Waals surface area contributed by atoms with E-state index in [-0.39, 0.29) is 12.3 Å². The summed E-state index contributed by atoms with van der Waals surface area (Å²) in [6.07, 6.45) is 2.21. The van der Waals surface area contributed by atoms with E-state index in [1.54, 1.807) is 13.2 Å². The summed E-state index contributed by atoms with van der Waals surface area (Å²) in [6, 6.07) is 22.3. The molecule has 2 atom stereocenters. The van der Waals surface area contributed by atoms with Gasteiger partial charge >= 0.3 is 0 Å². The topological polar surface area (TPSA) is 43.3 Å². The maximum absolute atomic E-state index is 6.45. The second kappa shape index (κ2) is 8.71. The van der Waals surface area contributed by atoms with Crippen molar-refractivity contribution in [2.24, 2.45) is 5.10 Å². The Labute approximate surface area is 196 Å². The van der Waals surface area contributed by atoms with Gasteiger partial charge in [-0.15, -0.1) is 0 Å². The Morgan fingerprint density at radius 2 is 1.84 bits per heavy atom. The number of hydrogen-bond donors (Lipinski definition) is 0. The largest absolute Gasteiger partial charge is 0.497 e. The van der Waals surface area contributed by atoms with E-state index in [1.165, 1.54) is 0 Å². The third-order valence-corrected chi connectivity index (χ3v) is 6.20. The van der Waals surface area contributed by atoms with Gasteiger partial charge in [0, 0.05) is 22.0 Å². The summed E-state index contributed by atoms with van der Waals surface area (Å²) in [4.78, 5) is 0. The highest BCUT2D eigenvalue weighted by atomic mass is 79.9. The van der Waals surface area contributed by atoms with E-state index in [0.29, 0.717) is 6.61 Å². The van der Waals surface area contributed by atoms with Crippen molar-refractivity contribution in [3.63, 3.8) is 0 Å². The number of benzene rings is 3. The molecule has 3 aromatic rings. The molecule has 5 rings (SSSR count). The molecular formula is C26H23BrN2O3. The van der Waals surface area contributed by atoms with Crippen LogP contribution in [0.15, 0.2) is 89.0 Å². The molecule has 2 heterocycles. The van der Waals surface area contributed by atoms with Gasteiger partial charge in [-0.25, -0.2) is 5.01 Å². The summed E-state index contributed by atoms with van der Waals surface area (Å²) in [6.45, 7) is 4.17. The summed E-state index contributed by atoms with van der Waals surface area (Å²) in [7, 11) is 1.67. The van der Waals surface area contributed by atoms with Crippen LogP contribution in [0, 0.1) is 0 Å². The second-order valence-electron chi connectivity index (χ2n) is 7.70. The van der Waals surface area contributed by atoms with Gasteiger partial charge in [0.25, 0.3) is 0 Å². The summed E-state index contributed by atoms with van der Waals surface area (Å²) >= 11 is 3.61. The number of ether oxygens (including phenoxy) is 3. The minimum absolute atomic E-state index is 0.0926. The lowest BCUT2D eigenvalue weighted by molar-refractivity contribution is -0.0191. The van der Waals surface area contributed by atoms with E-state index < -0.39 is 0 Å². The average Bonchev–Trinajstić information content (AvgIpc) is 3.29. The first-order chi connectivity index (χ1) is 15.7. The maximum atomic E-state index is 6.45. The summed E-state index contributed by atoms with van der Waals surface area (Å²) < 4.78 is 18.4. The van der Waals surface area contributed by atoms with E-state index >= 15 is 0 Å². The maximum Gasteiger partial charge on any atom is 0.213 e. The van der Waals surface area contributed by atoms with Crippen molar-refractivity contribution in [1.29, 1.82) is 0 Å². The normalized spacial score (nSPS) is 18.8. The van der Waals surface area contributed by atoms with Crippen LogP contribution in [0.1, 0.15) is 35.4 Å². The Balaban J connectivity index is 1.51. The highest BCUT2D eigenvalue weighted by Gasteiger charge is 2.41. The van der Waals surface area contributed by atoms with Crippen LogP contribution in [0.4, 0.5) is 0 Å². The third-order valence-electron chi connectivity index (χ3n) is 5.71. The minimum atomic E-state index is -0.321. The van der Waals surface area contributed by atoms with Gasteiger partial charge in [-0.05, 0) is 72.3 Å². The molecule has 6 heteroatoms. The van der Waals surface area contributed by atoms with Crippen LogP contribution in [0.2, 0.25) is 0 Å². The monoisotopic (exact) mass is 490 g/mol. The quantitative estimate of drug-likeness (QED) is 0.382. The molecule has 0 saturated heterocycles. The summed E-state index contributed by atoms with van der Waals surface area (Å²) in [5.41, 5.74) is 4.27. The smallest absolute Gasteiger partial charge is 0.213 e. The first-order valence-electron chi connectivity index (χ1n) is 10.5. The van der Waals surface area contributed by atoms with Crippen LogP contribution >= 0.6 is 15.9 Å². The molecular weight excluding hydrogens is 468 g/mol. The molecule has 0 bridgehead atoms. The van der Waals surface area contributed by atoms with Crippen LogP contribution in [-0.4, -0.2) is 24.4 Å². The fraction of sp³-hybridized carbons (Fsp3) is 0.192. The molecule has 32 heavy (non-hydrogen) atoms. The van der Waals surface area contributed by atoms with Gasteiger partial charge in [0.1, 0.15) is 23.9 Å². The van der Waals surface area contributed by atoms with Crippen molar-refractivity contribution >= 4 is 21.6 Å². The lowest BCUT2D eigenvalue weighted by atomic mass is 9.96. The van der Waals surface area contributed by atoms with E-state index in [0.717, 1.165) is 50.5 Å². The van der Waals surface area contributed by atoms with Gasteiger partial charge in [0.2, 0.25) is 6.23 Å². The fourth-order valence-corrected chi connectivity index (χ4v) is 4.50. The van der Waals surface area contributed by atoms with Crippen molar-refractivity contribution in [3.8, 4) is 17.2 Å². The number of methoxy groups -OCH3 is 1. The molecule has 0 spiro atoms. The number of halogens is 1. The Morgan fingerprint density at radius 3 is 2.56 bits per heavy atom. The van der Waals surface area contributed by atoms with Crippen LogP contribution in [0.3, 0.4) is 0 Å². The van der Waals surface area contributed by atoms with Crippen molar-refractivity contribution in [2.75, 3.05) is 13.7 Å². The molecule has 0 amide bonds. The molecule has 5 nitrogen and oxygen atoms in total. The first kappa shape index (κ1) is 20.6. The van der Waals surface area contributed by atoms with E-state index in [1.807, 2.05) is 48.5 Å². The first-order valence-corrected chi connectivity index (χ1v) is 11.3. The second-order valence-corrected chi connectivity index (χ2v) is 8.61. The third kappa shape index (κ3) is 3.86. The van der Waals surface area contributed by atoms with Crippen molar-refractivity contribution in [2.45, 2.75) is 18.7 Å². The van der Waals surface area contributed by atoms with Gasteiger partial charge < -0.3 is 14.2 Å². The minimum Gasteiger partial charge on any atom is -0.497 e. The van der Waals surface area contributed by atoms with E-state index in [4.69, 9.17) is 19.3 Å². The predicted octanol–water partition coefficient (Wildman–Crippen LogP) is 6.26. The number of rotatable bonds is 6. The van der Waals surface area contributed by atoms with Gasteiger partial charge in [-0.3, -0.25) is 0 Å². The molecule has 0 fully saturated rings. The van der Waals surface area contributed by atoms with Crippen LogP contribution in [0.5, 0.6) is 17.2 Å². The van der Waals surface area contributed by atoms with Crippen molar-refractivity contribution in [1.82, 2.24) is 5.01 Å². The zero-order valence-corrected chi connectivity index (χ0v) is 19.3. The number of fused-ring (bicyclic) bond motifs is 3. The predicted molar refractivity (Wildman–Crippen MR) is 128 cm³/mol. The molecule has 0 radical (unpaired) electrons. The van der Waals surface area contributed by atoms with Gasteiger partial charge in [-0.2, -0.15) is 5.10 Å². The Bertz CT molecular complexity index is 1160. The average molecular weight is 491 g/mol. The van der Waals surface area contributed by atoms with Gasteiger partial charge in [-0.1, -0.05) is 28.6 Å². The summed E-state index contributed by atoms with van der Waals surface area (Å²) in [5.74, 6) is 2.52. The molecule has 0 saturated carbocycles. The van der Waals surface area contributed by atoms with Crippen molar-refractivity contribution < 1.29 is 14.2 Å².